The van der Waals surface area contributed by atoms with Crippen LogP contribution >= 0.6 is 11.6 Å². The van der Waals surface area contributed by atoms with Crippen molar-refractivity contribution in [1.82, 2.24) is 4.90 Å². The number of benzene rings is 2. The van der Waals surface area contributed by atoms with Gasteiger partial charge in [0.1, 0.15) is 5.75 Å². The Morgan fingerprint density at radius 2 is 1.88 bits per heavy atom. The van der Waals surface area contributed by atoms with Crippen LogP contribution in [0.3, 0.4) is 0 Å². The molecule has 0 spiro atoms. The third-order valence-corrected chi connectivity index (χ3v) is 4.69. The number of carbonyl (C=O) groups excluding carboxylic acids is 1. The van der Waals surface area contributed by atoms with Gasteiger partial charge in [-0.05, 0) is 48.4 Å². The van der Waals surface area contributed by atoms with Gasteiger partial charge in [0.25, 0.3) is 5.91 Å². The molecule has 0 unspecified atom stereocenters. The number of carboxylic acids is 1. The number of hydrogen-bond donors (Lipinski definition) is 1. The summed E-state index contributed by atoms with van der Waals surface area (Å²) in [5.74, 6) is -2.33. The van der Waals surface area contributed by atoms with Crippen LogP contribution in [-0.4, -0.2) is 35.0 Å². The molecule has 0 aliphatic carbocycles. The Morgan fingerprint density at radius 3 is 2.46 bits per heavy atom. The Bertz CT molecular complexity index is 840. The van der Waals surface area contributed by atoms with Crippen molar-refractivity contribution in [3.05, 3.63) is 58.9 Å². The molecule has 2 atom stereocenters. The zero-order valence-electron chi connectivity index (χ0n) is 14.0. The van der Waals surface area contributed by atoms with Crippen molar-refractivity contribution in [2.24, 2.45) is 11.8 Å². The summed E-state index contributed by atoms with van der Waals surface area (Å²) >= 11 is 5.80. The molecule has 1 fully saturated rings. The Hall–Kier alpha value is -2.60. The molecule has 0 saturated carbocycles. The predicted octanol–water partition coefficient (Wildman–Crippen LogP) is 4.06. The van der Waals surface area contributed by atoms with Gasteiger partial charge in [0.15, 0.2) is 11.6 Å². The maximum atomic E-state index is 14.3. The van der Waals surface area contributed by atoms with Crippen LogP contribution < -0.4 is 4.74 Å². The van der Waals surface area contributed by atoms with E-state index in [2.05, 4.69) is 0 Å². The first-order chi connectivity index (χ1) is 12.3. The van der Waals surface area contributed by atoms with Crippen LogP contribution in [0.5, 0.6) is 11.5 Å². The molecule has 7 heteroatoms. The van der Waals surface area contributed by atoms with Crippen molar-refractivity contribution in [2.45, 2.75) is 6.92 Å². The molecule has 1 aliphatic heterocycles. The van der Waals surface area contributed by atoms with Crippen molar-refractivity contribution in [3.8, 4) is 11.5 Å². The van der Waals surface area contributed by atoms with E-state index in [4.69, 9.17) is 21.4 Å². The smallest absolute Gasteiger partial charge is 0.308 e. The summed E-state index contributed by atoms with van der Waals surface area (Å²) in [6.07, 6.45) is 0. The van der Waals surface area contributed by atoms with E-state index in [-0.39, 0.29) is 23.8 Å². The summed E-state index contributed by atoms with van der Waals surface area (Å²) in [6.45, 7) is 2.25. The van der Waals surface area contributed by atoms with Crippen LogP contribution in [0.2, 0.25) is 5.02 Å². The average molecular weight is 378 g/mol. The monoisotopic (exact) mass is 377 g/mol. The fourth-order valence-corrected chi connectivity index (χ4v) is 3.11. The molecule has 1 N–H and O–H groups in total. The van der Waals surface area contributed by atoms with Crippen LogP contribution in [-0.2, 0) is 4.79 Å². The van der Waals surface area contributed by atoms with E-state index in [9.17, 15) is 14.0 Å². The van der Waals surface area contributed by atoms with E-state index >= 15 is 0 Å². The molecule has 2 aromatic rings. The van der Waals surface area contributed by atoms with E-state index in [0.29, 0.717) is 17.3 Å². The second-order valence-corrected chi connectivity index (χ2v) is 6.77. The van der Waals surface area contributed by atoms with Gasteiger partial charge in [0.05, 0.1) is 5.92 Å². The van der Waals surface area contributed by atoms with Gasteiger partial charge in [0.2, 0.25) is 0 Å². The predicted molar refractivity (Wildman–Crippen MR) is 94.1 cm³/mol. The molecule has 0 aromatic heterocycles. The number of carbonyl (C=O) groups is 2. The molecule has 26 heavy (non-hydrogen) atoms. The normalized spacial score (nSPS) is 19.4. The maximum absolute atomic E-state index is 14.3. The Labute approximate surface area is 154 Å². The molecular weight excluding hydrogens is 361 g/mol. The molecule has 1 saturated heterocycles. The lowest BCUT2D eigenvalue weighted by Gasteiger charge is -2.16. The first kappa shape index (κ1) is 18.2. The number of rotatable bonds is 4. The number of likely N-dealkylation sites (tertiary alicyclic amines) is 1. The molecule has 3 rings (SSSR count). The molecule has 136 valence electrons. The quantitative estimate of drug-likeness (QED) is 0.872. The van der Waals surface area contributed by atoms with Crippen LogP contribution in [0.1, 0.15) is 17.3 Å². The summed E-state index contributed by atoms with van der Waals surface area (Å²) in [6, 6.07) is 10.4. The average Bonchev–Trinajstić information content (AvgIpc) is 3.00. The lowest BCUT2D eigenvalue weighted by molar-refractivity contribution is -0.142. The fourth-order valence-electron chi connectivity index (χ4n) is 2.98. The highest BCUT2D eigenvalue weighted by molar-refractivity contribution is 6.30. The van der Waals surface area contributed by atoms with Gasteiger partial charge in [0, 0.05) is 23.7 Å². The number of halogens is 2. The summed E-state index contributed by atoms with van der Waals surface area (Å²) in [5, 5.41) is 9.71. The van der Waals surface area contributed by atoms with Crippen molar-refractivity contribution < 1.29 is 23.8 Å². The Balaban J connectivity index is 1.74. The molecule has 1 amide bonds. The standard InChI is InChI=1S/C19H17ClFNO4/c1-11-9-22(10-15(11)19(24)25)18(23)12-2-7-17(16(21)8-12)26-14-5-3-13(20)4-6-14/h2-8,11,15H,9-10H2,1H3,(H,24,25)/t11-,15-/m1/s1. The minimum atomic E-state index is -0.925. The summed E-state index contributed by atoms with van der Waals surface area (Å²) in [4.78, 5) is 25.2. The van der Waals surface area contributed by atoms with Gasteiger partial charge < -0.3 is 14.7 Å². The highest BCUT2D eigenvalue weighted by Crippen LogP contribution is 2.28. The molecule has 1 aliphatic rings. The van der Waals surface area contributed by atoms with Gasteiger partial charge in [-0.15, -0.1) is 0 Å². The molecule has 0 bridgehead atoms. The highest BCUT2D eigenvalue weighted by Gasteiger charge is 2.37. The van der Waals surface area contributed by atoms with Gasteiger partial charge in [-0.1, -0.05) is 18.5 Å². The van der Waals surface area contributed by atoms with Crippen LogP contribution in [0.15, 0.2) is 42.5 Å². The van der Waals surface area contributed by atoms with E-state index in [0.717, 1.165) is 6.07 Å². The second kappa shape index (κ2) is 7.33. The van der Waals surface area contributed by atoms with Crippen LogP contribution in [0.25, 0.3) is 0 Å². The number of carboxylic acid groups (broad SMARTS) is 1. The lowest BCUT2D eigenvalue weighted by Crippen LogP contribution is -2.30. The number of amides is 1. The van der Waals surface area contributed by atoms with Crippen molar-refractivity contribution in [3.63, 3.8) is 0 Å². The first-order valence-corrected chi connectivity index (χ1v) is 8.48. The van der Waals surface area contributed by atoms with E-state index in [1.165, 1.54) is 17.0 Å². The first-order valence-electron chi connectivity index (χ1n) is 8.10. The number of hydrogen-bond acceptors (Lipinski definition) is 3. The fraction of sp³-hybridized carbons (Fsp3) is 0.263. The molecular formula is C19H17ClFNO4. The Kier molecular flexibility index (Phi) is 5.13. The third-order valence-electron chi connectivity index (χ3n) is 4.44. The molecule has 2 aromatic carbocycles. The van der Waals surface area contributed by atoms with E-state index in [1.807, 2.05) is 0 Å². The lowest BCUT2D eigenvalue weighted by atomic mass is 9.99. The van der Waals surface area contributed by atoms with Gasteiger partial charge in [-0.3, -0.25) is 9.59 Å². The minimum absolute atomic E-state index is 0.0120. The zero-order valence-corrected chi connectivity index (χ0v) is 14.7. The number of ether oxygens (including phenoxy) is 1. The number of nitrogens with zero attached hydrogens (tertiary/aromatic N) is 1. The Morgan fingerprint density at radius 1 is 1.19 bits per heavy atom. The van der Waals surface area contributed by atoms with E-state index in [1.54, 1.807) is 31.2 Å². The maximum Gasteiger partial charge on any atom is 0.308 e. The summed E-state index contributed by atoms with van der Waals surface area (Å²) < 4.78 is 19.8. The van der Waals surface area contributed by atoms with Crippen LogP contribution in [0.4, 0.5) is 4.39 Å². The molecule has 0 radical (unpaired) electrons. The van der Waals surface area contributed by atoms with Crippen molar-refractivity contribution in [2.75, 3.05) is 13.1 Å². The SMILES string of the molecule is C[C@@H]1CN(C(=O)c2ccc(Oc3ccc(Cl)cc3)c(F)c2)C[C@H]1C(=O)O. The second-order valence-electron chi connectivity index (χ2n) is 6.33. The van der Waals surface area contributed by atoms with Crippen LogP contribution in [0, 0.1) is 17.7 Å². The largest absolute Gasteiger partial charge is 0.481 e. The topological polar surface area (TPSA) is 66.8 Å². The minimum Gasteiger partial charge on any atom is -0.481 e. The van der Waals surface area contributed by atoms with Gasteiger partial charge in [-0.2, -0.15) is 0 Å². The summed E-state index contributed by atoms with van der Waals surface area (Å²) in [7, 11) is 0. The van der Waals surface area contributed by atoms with E-state index < -0.39 is 23.6 Å². The zero-order chi connectivity index (χ0) is 18.8. The van der Waals surface area contributed by atoms with Crippen molar-refractivity contribution >= 4 is 23.5 Å². The third kappa shape index (κ3) is 3.80. The van der Waals surface area contributed by atoms with Crippen molar-refractivity contribution in [1.29, 1.82) is 0 Å². The summed E-state index contributed by atoms with van der Waals surface area (Å²) in [5.41, 5.74) is 0.157. The molecule has 1 heterocycles. The van der Waals surface area contributed by atoms with Gasteiger partial charge >= 0.3 is 5.97 Å². The molecule has 5 nitrogen and oxygen atoms in total. The number of aliphatic carboxylic acids is 1. The van der Waals surface area contributed by atoms with Gasteiger partial charge in [-0.25, -0.2) is 4.39 Å². The highest BCUT2D eigenvalue weighted by atomic mass is 35.5.